The summed E-state index contributed by atoms with van der Waals surface area (Å²) in [6.07, 6.45) is 2.60. The quantitative estimate of drug-likeness (QED) is 0.726. The van der Waals surface area contributed by atoms with Crippen molar-refractivity contribution >= 4 is 17.7 Å². The molecule has 0 saturated carbocycles. The number of hydrogen-bond acceptors (Lipinski definition) is 4. The van der Waals surface area contributed by atoms with Crippen molar-refractivity contribution < 1.29 is 19.5 Å². The minimum atomic E-state index is -1.14. The molecule has 136 valence electrons. The number of carboxylic acids is 1. The van der Waals surface area contributed by atoms with Crippen LogP contribution in [-0.2, 0) is 11.2 Å². The number of ketones is 1. The number of amides is 1. The van der Waals surface area contributed by atoms with Crippen LogP contribution in [-0.4, -0.2) is 33.8 Å². The molecule has 0 fully saturated rings. The molecule has 7 heteroatoms. The SMILES string of the molecule is CCCCC(NC(=O)c1cc2c([nH]c1=O)CC(C)(C)CC2=O)C(=O)O. The second-order valence-corrected chi connectivity index (χ2v) is 7.35. The number of rotatable bonds is 6. The molecule has 1 atom stereocenters. The van der Waals surface area contributed by atoms with Crippen molar-refractivity contribution in [2.45, 2.75) is 58.9 Å². The molecular formula is C18H24N2O5. The fourth-order valence-electron chi connectivity index (χ4n) is 3.10. The summed E-state index contributed by atoms with van der Waals surface area (Å²) in [5.74, 6) is -2.04. The first-order valence-corrected chi connectivity index (χ1v) is 8.47. The fourth-order valence-corrected chi connectivity index (χ4v) is 3.10. The molecule has 1 amide bonds. The molecule has 0 aliphatic heterocycles. The molecule has 1 aliphatic rings. The topological polar surface area (TPSA) is 116 Å². The summed E-state index contributed by atoms with van der Waals surface area (Å²) in [5.41, 5.74) is -0.213. The molecule has 0 aromatic carbocycles. The Morgan fingerprint density at radius 1 is 1.32 bits per heavy atom. The number of carbonyl (C=O) groups excluding carboxylic acids is 2. The van der Waals surface area contributed by atoms with Gasteiger partial charge in [0.1, 0.15) is 11.6 Å². The number of aliphatic carboxylic acids is 1. The van der Waals surface area contributed by atoms with Crippen molar-refractivity contribution in [3.63, 3.8) is 0 Å². The van der Waals surface area contributed by atoms with Crippen molar-refractivity contribution in [1.82, 2.24) is 10.3 Å². The van der Waals surface area contributed by atoms with Crippen LogP contribution in [0.3, 0.4) is 0 Å². The Morgan fingerprint density at radius 2 is 2.00 bits per heavy atom. The number of nitrogens with one attached hydrogen (secondary N) is 2. The molecule has 0 radical (unpaired) electrons. The van der Waals surface area contributed by atoms with E-state index in [-0.39, 0.29) is 23.2 Å². The third-order valence-electron chi connectivity index (χ3n) is 4.41. The molecule has 0 spiro atoms. The van der Waals surface area contributed by atoms with Crippen LogP contribution in [0, 0.1) is 5.41 Å². The van der Waals surface area contributed by atoms with E-state index in [1.54, 1.807) is 0 Å². The number of pyridine rings is 1. The van der Waals surface area contributed by atoms with E-state index in [4.69, 9.17) is 0 Å². The maximum Gasteiger partial charge on any atom is 0.326 e. The lowest BCUT2D eigenvalue weighted by Gasteiger charge is -2.29. The van der Waals surface area contributed by atoms with Crippen LogP contribution in [0.4, 0.5) is 0 Å². The van der Waals surface area contributed by atoms with E-state index in [1.807, 2.05) is 20.8 Å². The maximum absolute atomic E-state index is 12.4. The smallest absolute Gasteiger partial charge is 0.326 e. The van der Waals surface area contributed by atoms with Gasteiger partial charge in [-0.05, 0) is 24.3 Å². The summed E-state index contributed by atoms with van der Waals surface area (Å²) < 4.78 is 0. The van der Waals surface area contributed by atoms with E-state index in [9.17, 15) is 24.3 Å². The summed E-state index contributed by atoms with van der Waals surface area (Å²) in [7, 11) is 0. The third kappa shape index (κ3) is 4.35. The van der Waals surface area contributed by atoms with E-state index < -0.39 is 23.5 Å². The number of carbonyl (C=O) groups is 3. The molecule has 2 rings (SSSR count). The highest BCUT2D eigenvalue weighted by Crippen LogP contribution is 2.33. The summed E-state index contributed by atoms with van der Waals surface area (Å²) in [5, 5.41) is 11.6. The summed E-state index contributed by atoms with van der Waals surface area (Å²) in [4.78, 5) is 50.8. The zero-order chi connectivity index (χ0) is 18.8. The molecule has 1 aliphatic carbocycles. The predicted octanol–water partition coefficient (Wildman–Crippen LogP) is 1.90. The van der Waals surface area contributed by atoms with Crippen molar-refractivity contribution in [3.05, 3.63) is 33.2 Å². The summed E-state index contributed by atoms with van der Waals surface area (Å²) in [6, 6.07) is 0.234. The Labute approximate surface area is 145 Å². The number of fused-ring (bicyclic) bond motifs is 1. The molecule has 1 unspecified atom stereocenters. The van der Waals surface area contributed by atoms with Gasteiger partial charge < -0.3 is 15.4 Å². The second kappa shape index (κ2) is 7.21. The van der Waals surface area contributed by atoms with Crippen LogP contribution < -0.4 is 10.9 Å². The number of aromatic amines is 1. The Bertz CT molecular complexity index is 763. The predicted molar refractivity (Wildman–Crippen MR) is 91.9 cm³/mol. The van der Waals surface area contributed by atoms with Gasteiger partial charge in [-0.25, -0.2) is 4.79 Å². The fraction of sp³-hybridized carbons (Fsp3) is 0.556. The molecule has 0 bridgehead atoms. The van der Waals surface area contributed by atoms with Crippen LogP contribution in [0.25, 0.3) is 0 Å². The van der Waals surface area contributed by atoms with Gasteiger partial charge in [0.15, 0.2) is 5.78 Å². The number of H-pyrrole nitrogens is 1. The van der Waals surface area contributed by atoms with Gasteiger partial charge >= 0.3 is 5.97 Å². The van der Waals surface area contributed by atoms with Gasteiger partial charge in [-0.2, -0.15) is 0 Å². The molecular weight excluding hydrogens is 324 g/mol. The first kappa shape index (κ1) is 18.9. The van der Waals surface area contributed by atoms with Crippen LogP contribution in [0.15, 0.2) is 10.9 Å². The van der Waals surface area contributed by atoms with Gasteiger partial charge in [-0.15, -0.1) is 0 Å². The van der Waals surface area contributed by atoms with Crippen molar-refractivity contribution in [2.24, 2.45) is 5.41 Å². The Hall–Kier alpha value is -2.44. The van der Waals surface area contributed by atoms with E-state index in [0.29, 0.717) is 30.5 Å². The highest BCUT2D eigenvalue weighted by Gasteiger charge is 2.33. The van der Waals surface area contributed by atoms with E-state index in [2.05, 4.69) is 10.3 Å². The van der Waals surface area contributed by atoms with E-state index in [1.165, 1.54) is 6.07 Å². The van der Waals surface area contributed by atoms with Crippen LogP contribution in [0.2, 0.25) is 0 Å². The molecule has 7 nitrogen and oxygen atoms in total. The summed E-state index contributed by atoms with van der Waals surface area (Å²) >= 11 is 0. The lowest BCUT2D eigenvalue weighted by molar-refractivity contribution is -0.139. The number of aromatic nitrogens is 1. The van der Waals surface area contributed by atoms with Gasteiger partial charge in [0.05, 0.1) is 0 Å². The molecule has 3 N–H and O–H groups in total. The normalized spacial score (nSPS) is 16.8. The maximum atomic E-state index is 12.4. The minimum Gasteiger partial charge on any atom is -0.480 e. The Morgan fingerprint density at radius 3 is 2.60 bits per heavy atom. The standard InChI is InChI=1S/C18H24N2O5/c1-4-5-6-12(17(24)25)19-15(22)11-7-10-13(20-16(11)23)8-18(2,3)9-14(10)21/h7,12H,4-6,8-9H2,1-3H3,(H,19,22)(H,20,23)(H,24,25). The average molecular weight is 348 g/mol. The highest BCUT2D eigenvalue weighted by atomic mass is 16.4. The Kier molecular flexibility index (Phi) is 5.45. The molecule has 25 heavy (non-hydrogen) atoms. The zero-order valence-electron chi connectivity index (χ0n) is 14.8. The van der Waals surface area contributed by atoms with Crippen molar-refractivity contribution in [3.8, 4) is 0 Å². The molecule has 1 aromatic heterocycles. The average Bonchev–Trinajstić information content (AvgIpc) is 2.49. The number of unbranched alkanes of at least 4 members (excludes halogenated alkanes) is 1. The molecule has 1 heterocycles. The summed E-state index contributed by atoms with van der Waals surface area (Å²) in [6.45, 7) is 5.80. The van der Waals surface area contributed by atoms with Gasteiger partial charge in [-0.3, -0.25) is 14.4 Å². The lowest BCUT2D eigenvalue weighted by atomic mass is 9.75. The van der Waals surface area contributed by atoms with Crippen LogP contribution in [0.5, 0.6) is 0 Å². The largest absolute Gasteiger partial charge is 0.480 e. The first-order chi connectivity index (χ1) is 11.6. The monoisotopic (exact) mass is 348 g/mol. The van der Waals surface area contributed by atoms with Gasteiger partial charge in [-0.1, -0.05) is 33.6 Å². The number of Topliss-reactive ketones (excluding diaryl/α,β-unsaturated/α-hetero) is 1. The van der Waals surface area contributed by atoms with E-state index in [0.717, 1.165) is 6.42 Å². The second-order valence-electron chi connectivity index (χ2n) is 7.35. The van der Waals surface area contributed by atoms with Crippen molar-refractivity contribution in [1.29, 1.82) is 0 Å². The molecule has 0 saturated heterocycles. The van der Waals surface area contributed by atoms with Crippen LogP contribution >= 0.6 is 0 Å². The van der Waals surface area contributed by atoms with E-state index >= 15 is 0 Å². The lowest BCUT2D eigenvalue weighted by Crippen LogP contribution is -2.43. The first-order valence-electron chi connectivity index (χ1n) is 8.47. The van der Waals surface area contributed by atoms with Gasteiger partial charge in [0, 0.05) is 17.7 Å². The third-order valence-corrected chi connectivity index (χ3v) is 4.41. The molecule has 1 aromatic rings. The number of carboxylic acid groups (broad SMARTS) is 1. The number of hydrogen-bond donors (Lipinski definition) is 3. The highest BCUT2D eigenvalue weighted by molar-refractivity contribution is 6.02. The van der Waals surface area contributed by atoms with Crippen LogP contribution in [0.1, 0.15) is 72.9 Å². The van der Waals surface area contributed by atoms with Gasteiger partial charge in [0.25, 0.3) is 11.5 Å². The zero-order valence-corrected chi connectivity index (χ0v) is 14.8. The Balaban J connectivity index is 2.29. The minimum absolute atomic E-state index is 0.127. The van der Waals surface area contributed by atoms with Crippen molar-refractivity contribution in [2.75, 3.05) is 0 Å². The van der Waals surface area contributed by atoms with Gasteiger partial charge in [0.2, 0.25) is 0 Å².